The first-order valence-corrected chi connectivity index (χ1v) is 6.92. The summed E-state index contributed by atoms with van der Waals surface area (Å²) in [4.78, 5) is 4.34. The van der Waals surface area contributed by atoms with E-state index in [0.717, 1.165) is 18.8 Å². The van der Waals surface area contributed by atoms with Crippen LogP contribution in [0, 0.1) is 6.92 Å². The first kappa shape index (κ1) is 13.8. The molecule has 0 saturated carbocycles. The maximum absolute atomic E-state index is 10.2. The van der Waals surface area contributed by atoms with Crippen LogP contribution in [-0.4, -0.2) is 20.8 Å². The molecule has 0 aliphatic heterocycles. The fraction of sp³-hybridized carbons (Fsp3) is 0.438. The molecule has 0 aliphatic rings. The molecule has 0 fully saturated rings. The largest absolute Gasteiger partial charge is 0.392 e. The zero-order valence-electron chi connectivity index (χ0n) is 11.7. The van der Waals surface area contributed by atoms with Crippen LogP contribution in [0.15, 0.2) is 36.7 Å². The Labute approximate surface area is 114 Å². The predicted octanol–water partition coefficient (Wildman–Crippen LogP) is 2.75. The van der Waals surface area contributed by atoms with Gasteiger partial charge < -0.3 is 9.67 Å². The summed E-state index contributed by atoms with van der Waals surface area (Å²) in [6, 6.07) is 8.30. The lowest BCUT2D eigenvalue weighted by Crippen LogP contribution is -2.17. The lowest BCUT2D eigenvalue weighted by Gasteiger charge is -2.12. The summed E-state index contributed by atoms with van der Waals surface area (Å²) < 4.78 is 2.12. The van der Waals surface area contributed by atoms with Crippen LogP contribution >= 0.6 is 0 Å². The molecule has 1 N–H and O–H groups in total. The molecule has 0 saturated heterocycles. The minimum Gasteiger partial charge on any atom is -0.392 e. The normalized spacial score (nSPS) is 12.6. The van der Waals surface area contributed by atoms with Gasteiger partial charge in [-0.2, -0.15) is 0 Å². The average molecular weight is 258 g/mol. The van der Waals surface area contributed by atoms with Crippen molar-refractivity contribution in [2.24, 2.45) is 0 Å². The number of benzene rings is 1. The van der Waals surface area contributed by atoms with E-state index < -0.39 is 0 Å². The van der Waals surface area contributed by atoms with Crippen molar-refractivity contribution in [3.63, 3.8) is 0 Å². The predicted molar refractivity (Wildman–Crippen MR) is 77.1 cm³/mol. The molecule has 1 aromatic carbocycles. The van der Waals surface area contributed by atoms with E-state index in [0.29, 0.717) is 12.8 Å². The Morgan fingerprint density at radius 1 is 1.32 bits per heavy atom. The highest BCUT2D eigenvalue weighted by Gasteiger charge is 2.11. The third-order valence-corrected chi connectivity index (χ3v) is 3.24. The molecule has 0 spiro atoms. The average Bonchev–Trinajstić information content (AvgIpc) is 2.77. The van der Waals surface area contributed by atoms with E-state index in [2.05, 4.69) is 41.6 Å². The summed E-state index contributed by atoms with van der Waals surface area (Å²) in [5.41, 5.74) is 2.42. The summed E-state index contributed by atoms with van der Waals surface area (Å²) in [5.74, 6) is 0.974. The molecule has 2 rings (SSSR count). The fourth-order valence-corrected chi connectivity index (χ4v) is 2.37. The van der Waals surface area contributed by atoms with Crippen LogP contribution in [0.4, 0.5) is 0 Å². The molecule has 3 heteroatoms. The molecule has 3 nitrogen and oxygen atoms in total. The Morgan fingerprint density at radius 2 is 2.16 bits per heavy atom. The van der Waals surface area contributed by atoms with Crippen LogP contribution < -0.4 is 0 Å². The smallest absolute Gasteiger partial charge is 0.111 e. The minimum atomic E-state index is -0.375. The number of aliphatic hydroxyl groups is 1. The molecule has 1 aromatic heterocycles. The van der Waals surface area contributed by atoms with Gasteiger partial charge in [0.1, 0.15) is 5.82 Å². The number of rotatable bonds is 6. The first-order valence-electron chi connectivity index (χ1n) is 6.92. The van der Waals surface area contributed by atoms with Crippen molar-refractivity contribution in [3.8, 4) is 0 Å². The maximum atomic E-state index is 10.2. The van der Waals surface area contributed by atoms with Crippen molar-refractivity contribution in [3.05, 3.63) is 53.6 Å². The third-order valence-electron chi connectivity index (χ3n) is 3.24. The number of imidazole rings is 1. The van der Waals surface area contributed by atoms with Crippen molar-refractivity contribution in [2.75, 3.05) is 0 Å². The number of aliphatic hydroxyl groups excluding tert-OH is 1. The van der Waals surface area contributed by atoms with Crippen LogP contribution in [0.1, 0.15) is 30.3 Å². The van der Waals surface area contributed by atoms with Gasteiger partial charge in [0.25, 0.3) is 0 Å². The van der Waals surface area contributed by atoms with E-state index in [4.69, 9.17) is 0 Å². The van der Waals surface area contributed by atoms with Gasteiger partial charge >= 0.3 is 0 Å². The van der Waals surface area contributed by atoms with Crippen molar-refractivity contribution in [1.29, 1.82) is 0 Å². The second-order valence-corrected chi connectivity index (χ2v) is 5.09. The standard InChI is InChI=1S/C16H22N2O/c1-3-8-18-9-7-17-16(18)12-15(19)11-14-6-4-5-13(2)10-14/h4-7,9-10,15,19H,3,8,11-12H2,1-2H3. The molecular weight excluding hydrogens is 236 g/mol. The van der Waals surface area contributed by atoms with Crippen molar-refractivity contribution in [2.45, 2.75) is 45.8 Å². The van der Waals surface area contributed by atoms with Crippen molar-refractivity contribution < 1.29 is 5.11 Å². The lowest BCUT2D eigenvalue weighted by atomic mass is 10.0. The molecule has 0 aliphatic carbocycles. The molecule has 2 aromatic rings. The van der Waals surface area contributed by atoms with Gasteiger partial charge in [-0.05, 0) is 25.3 Å². The summed E-state index contributed by atoms with van der Waals surface area (Å²) in [7, 11) is 0. The van der Waals surface area contributed by atoms with E-state index in [1.165, 1.54) is 11.1 Å². The summed E-state index contributed by atoms with van der Waals surface area (Å²) in [5, 5.41) is 10.2. The van der Waals surface area contributed by atoms with E-state index >= 15 is 0 Å². The van der Waals surface area contributed by atoms with E-state index in [-0.39, 0.29) is 6.10 Å². The second-order valence-electron chi connectivity index (χ2n) is 5.09. The van der Waals surface area contributed by atoms with Gasteiger partial charge in [0.05, 0.1) is 6.10 Å². The van der Waals surface area contributed by atoms with Gasteiger partial charge in [-0.25, -0.2) is 4.98 Å². The Morgan fingerprint density at radius 3 is 2.89 bits per heavy atom. The first-order chi connectivity index (χ1) is 9.19. The molecule has 0 bridgehead atoms. The molecule has 1 heterocycles. The van der Waals surface area contributed by atoms with Gasteiger partial charge in [-0.3, -0.25) is 0 Å². The Kier molecular flexibility index (Phi) is 4.74. The minimum absolute atomic E-state index is 0.375. The van der Waals surface area contributed by atoms with Crippen LogP contribution in [-0.2, 0) is 19.4 Å². The zero-order valence-corrected chi connectivity index (χ0v) is 11.7. The SMILES string of the molecule is CCCn1ccnc1CC(O)Cc1cccc(C)c1. The fourth-order valence-electron chi connectivity index (χ4n) is 2.37. The summed E-state index contributed by atoms with van der Waals surface area (Å²) in [6.45, 7) is 5.18. The summed E-state index contributed by atoms with van der Waals surface area (Å²) >= 11 is 0. The summed E-state index contributed by atoms with van der Waals surface area (Å²) in [6.07, 6.45) is 5.79. The number of nitrogens with zero attached hydrogens (tertiary/aromatic N) is 2. The highest BCUT2D eigenvalue weighted by molar-refractivity contribution is 5.22. The highest BCUT2D eigenvalue weighted by Crippen LogP contribution is 2.10. The number of hydrogen-bond donors (Lipinski definition) is 1. The second kappa shape index (κ2) is 6.53. The molecule has 0 radical (unpaired) electrons. The van der Waals surface area contributed by atoms with E-state index in [1.807, 2.05) is 18.5 Å². The highest BCUT2D eigenvalue weighted by atomic mass is 16.3. The van der Waals surface area contributed by atoms with Crippen molar-refractivity contribution in [1.82, 2.24) is 9.55 Å². The molecule has 19 heavy (non-hydrogen) atoms. The van der Waals surface area contributed by atoms with E-state index in [1.54, 1.807) is 0 Å². The molecule has 1 unspecified atom stereocenters. The van der Waals surface area contributed by atoms with Crippen LogP contribution in [0.25, 0.3) is 0 Å². The third kappa shape index (κ3) is 3.93. The van der Waals surface area contributed by atoms with Crippen LogP contribution in [0.2, 0.25) is 0 Å². The monoisotopic (exact) mass is 258 g/mol. The van der Waals surface area contributed by atoms with Gasteiger partial charge in [0.2, 0.25) is 0 Å². The molecule has 0 amide bonds. The maximum Gasteiger partial charge on any atom is 0.111 e. The molecule has 1 atom stereocenters. The van der Waals surface area contributed by atoms with Gasteiger partial charge in [0, 0.05) is 25.4 Å². The zero-order chi connectivity index (χ0) is 13.7. The Hall–Kier alpha value is -1.61. The number of aromatic nitrogens is 2. The van der Waals surface area contributed by atoms with Crippen LogP contribution in [0.5, 0.6) is 0 Å². The van der Waals surface area contributed by atoms with Crippen molar-refractivity contribution >= 4 is 0 Å². The quantitative estimate of drug-likeness (QED) is 0.865. The lowest BCUT2D eigenvalue weighted by molar-refractivity contribution is 0.171. The van der Waals surface area contributed by atoms with Gasteiger partial charge in [-0.15, -0.1) is 0 Å². The number of hydrogen-bond acceptors (Lipinski definition) is 2. The Balaban J connectivity index is 1.97. The van der Waals surface area contributed by atoms with E-state index in [9.17, 15) is 5.11 Å². The van der Waals surface area contributed by atoms with Gasteiger partial charge in [0.15, 0.2) is 0 Å². The Bertz CT molecular complexity index is 519. The van der Waals surface area contributed by atoms with Crippen LogP contribution in [0.3, 0.4) is 0 Å². The molecular formula is C16H22N2O. The number of aryl methyl sites for hydroxylation is 2. The molecule has 102 valence electrons. The topological polar surface area (TPSA) is 38.0 Å². The van der Waals surface area contributed by atoms with Gasteiger partial charge in [-0.1, -0.05) is 36.8 Å².